The molecule has 1 aromatic carbocycles. The van der Waals surface area contributed by atoms with Crippen molar-refractivity contribution < 1.29 is 0 Å². The van der Waals surface area contributed by atoms with E-state index in [1.54, 1.807) is 4.68 Å². The van der Waals surface area contributed by atoms with Gasteiger partial charge in [-0.3, -0.25) is 9.89 Å². The van der Waals surface area contributed by atoms with Crippen LogP contribution in [-0.2, 0) is 0 Å². The standard InChI is InChI=1S/C13H17N3O/c1-8(2)16-13(17)11(12(14)15-16)10-7-5-4-6-9(10)3/h4-8,15H,14H2,1-3H3. The molecule has 0 bridgehead atoms. The summed E-state index contributed by atoms with van der Waals surface area (Å²) in [5, 5.41) is 2.92. The number of nitrogen functional groups attached to an aromatic ring is 1. The zero-order chi connectivity index (χ0) is 12.6. The highest BCUT2D eigenvalue weighted by atomic mass is 16.1. The zero-order valence-corrected chi connectivity index (χ0v) is 10.3. The predicted octanol–water partition coefficient (Wildman–Crippen LogP) is 2.31. The van der Waals surface area contributed by atoms with Crippen LogP contribution in [0.4, 0.5) is 5.82 Å². The Hall–Kier alpha value is -1.97. The van der Waals surface area contributed by atoms with E-state index in [0.29, 0.717) is 11.4 Å². The van der Waals surface area contributed by atoms with Gasteiger partial charge in [-0.15, -0.1) is 0 Å². The SMILES string of the molecule is Cc1ccccc1-c1c(N)[nH]n(C(C)C)c1=O. The molecule has 2 rings (SSSR count). The highest BCUT2D eigenvalue weighted by Crippen LogP contribution is 2.24. The van der Waals surface area contributed by atoms with E-state index in [9.17, 15) is 4.79 Å². The lowest BCUT2D eigenvalue weighted by Crippen LogP contribution is -2.19. The minimum Gasteiger partial charge on any atom is -0.383 e. The van der Waals surface area contributed by atoms with Gasteiger partial charge in [0.15, 0.2) is 0 Å². The summed E-state index contributed by atoms with van der Waals surface area (Å²) in [5.74, 6) is 0.429. The quantitative estimate of drug-likeness (QED) is 0.833. The summed E-state index contributed by atoms with van der Waals surface area (Å²) in [5.41, 5.74) is 8.35. The number of aryl methyl sites for hydroxylation is 1. The van der Waals surface area contributed by atoms with Crippen molar-refractivity contribution in [1.82, 2.24) is 9.78 Å². The van der Waals surface area contributed by atoms with Crippen LogP contribution in [0.1, 0.15) is 25.5 Å². The molecule has 1 aromatic heterocycles. The molecule has 3 N–H and O–H groups in total. The van der Waals surface area contributed by atoms with Crippen molar-refractivity contribution in [2.45, 2.75) is 26.8 Å². The van der Waals surface area contributed by atoms with Crippen LogP contribution in [0.3, 0.4) is 0 Å². The molecular weight excluding hydrogens is 214 g/mol. The number of benzene rings is 1. The molecule has 4 nitrogen and oxygen atoms in total. The van der Waals surface area contributed by atoms with Crippen LogP contribution >= 0.6 is 0 Å². The number of aromatic nitrogens is 2. The Balaban J connectivity index is 2.69. The lowest BCUT2D eigenvalue weighted by molar-refractivity contribution is 0.519. The minimum atomic E-state index is -0.0631. The third-order valence-electron chi connectivity index (χ3n) is 2.87. The fourth-order valence-corrected chi connectivity index (χ4v) is 1.95. The Morgan fingerprint density at radius 1 is 1.29 bits per heavy atom. The maximum Gasteiger partial charge on any atom is 0.276 e. The van der Waals surface area contributed by atoms with E-state index in [2.05, 4.69) is 5.10 Å². The number of hydrogen-bond acceptors (Lipinski definition) is 2. The molecule has 90 valence electrons. The Bertz CT molecular complexity index is 593. The van der Waals surface area contributed by atoms with Gasteiger partial charge in [0.2, 0.25) is 0 Å². The predicted molar refractivity (Wildman–Crippen MR) is 70.0 cm³/mol. The minimum absolute atomic E-state index is 0.0631. The highest BCUT2D eigenvalue weighted by molar-refractivity contribution is 5.75. The summed E-state index contributed by atoms with van der Waals surface area (Å²) in [4.78, 5) is 12.2. The van der Waals surface area contributed by atoms with Crippen LogP contribution < -0.4 is 11.3 Å². The van der Waals surface area contributed by atoms with E-state index < -0.39 is 0 Å². The van der Waals surface area contributed by atoms with Gasteiger partial charge >= 0.3 is 0 Å². The molecule has 0 amide bonds. The van der Waals surface area contributed by atoms with Crippen LogP contribution in [-0.4, -0.2) is 9.78 Å². The van der Waals surface area contributed by atoms with Crippen molar-refractivity contribution in [1.29, 1.82) is 0 Å². The van der Waals surface area contributed by atoms with Gasteiger partial charge in [0, 0.05) is 6.04 Å². The first kappa shape index (κ1) is 11.5. The van der Waals surface area contributed by atoms with Crippen molar-refractivity contribution >= 4 is 5.82 Å². The third-order valence-corrected chi connectivity index (χ3v) is 2.87. The lowest BCUT2D eigenvalue weighted by Gasteiger charge is -2.04. The number of aromatic amines is 1. The van der Waals surface area contributed by atoms with E-state index in [1.807, 2.05) is 45.0 Å². The normalized spacial score (nSPS) is 11.1. The topological polar surface area (TPSA) is 63.8 Å². The molecule has 0 radical (unpaired) electrons. The molecule has 0 aliphatic heterocycles. The van der Waals surface area contributed by atoms with E-state index in [0.717, 1.165) is 11.1 Å². The number of H-pyrrole nitrogens is 1. The van der Waals surface area contributed by atoms with Gasteiger partial charge in [0.1, 0.15) is 5.82 Å². The maximum absolute atomic E-state index is 12.2. The van der Waals surface area contributed by atoms with Crippen molar-refractivity contribution in [2.75, 3.05) is 5.73 Å². The Labute approximate surface area is 100 Å². The van der Waals surface area contributed by atoms with Crippen LogP contribution in [0.15, 0.2) is 29.1 Å². The van der Waals surface area contributed by atoms with Crippen LogP contribution in [0.2, 0.25) is 0 Å². The first-order valence-corrected chi connectivity index (χ1v) is 5.68. The van der Waals surface area contributed by atoms with E-state index in [-0.39, 0.29) is 11.6 Å². The molecule has 2 aromatic rings. The van der Waals surface area contributed by atoms with E-state index >= 15 is 0 Å². The van der Waals surface area contributed by atoms with Crippen molar-refractivity contribution in [2.24, 2.45) is 0 Å². The summed E-state index contributed by atoms with van der Waals surface area (Å²) in [6.45, 7) is 5.86. The molecule has 0 saturated carbocycles. The largest absolute Gasteiger partial charge is 0.383 e. The fourth-order valence-electron chi connectivity index (χ4n) is 1.95. The summed E-state index contributed by atoms with van der Waals surface area (Å²) in [6, 6.07) is 7.82. The molecular formula is C13H17N3O. The third kappa shape index (κ3) is 1.86. The van der Waals surface area contributed by atoms with Gasteiger partial charge in [-0.2, -0.15) is 0 Å². The average molecular weight is 231 g/mol. The number of nitrogens with zero attached hydrogens (tertiary/aromatic N) is 1. The second-order valence-corrected chi connectivity index (χ2v) is 4.48. The number of nitrogens with one attached hydrogen (secondary N) is 1. The lowest BCUT2D eigenvalue weighted by atomic mass is 10.0. The van der Waals surface area contributed by atoms with Crippen LogP contribution in [0.25, 0.3) is 11.1 Å². The maximum atomic E-state index is 12.2. The Morgan fingerprint density at radius 2 is 1.94 bits per heavy atom. The van der Waals surface area contributed by atoms with Gasteiger partial charge < -0.3 is 5.73 Å². The molecule has 17 heavy (non-hydrogen) atoms. The average Bonchev–Trinajstić information content (AvgIpc) is 2.56. The molecule has 1 heterocycles. The van der Waals surface area contributed by atoms with Crippen molar-refractivity contribution in [3.8, 4) is 11.1 Å². The Morgan fingerprint density at radius 3 is 2.47 bits per heavy atom. The summed E-state index contributed by atoms with van der Waals surface area (Å²) < 4.78 is 1.55. The smallest absolute Gasteiger partial charge is 0.276 e. The van der Waals surface area contributed by atoms with E-state index in [4.69, 9.17) is 5.73 Å². The molecule has 0 spiro atoms. The first-order chi connectivity index (χ1) is 8.02. The first-order valence-electron chi connectivity index (χ1n) is 5.68. The van der Waals surface area contributed by atoms with Crippen molar-refractivity contribution in [3.05, 3.63) is 40.2 Å². The highest BCUT2D eigenvalue weighted by Gasteiger charge is 2.16. The van der Waals surface area contributed by atoms with Gasteiger partial charge in [-0.05, 0) is 31.9 Å². The van der Waals surface area contributed by atoms with Crippen LogP contribution in [0.5, 0.6) is 0 Å². The fraction of sp³-hybridized carbons (Fsp3) is 0.308. The van der Waals surface area contributed by atoms with Gasteiger partial charge in [0.05, 0.1) is 5.56 Å². The number of nitrogens with two attached hydrogens (primary N) is 1. The second kappa shape index (κ2) is 4.13. The molecule has 4 heteroatoms. The monoisotopic (exact) mass is 231 g/mol. The zero-order valence-electron chi connectivity index (χ0n) is 10.3. The molecule has 0 atom stereocenters. The molecule has 0 aliphatic rings. The number of rotatable bonds is 2. The molecule has 0 unspecified atom stereocenters. The molecule has 0 saturated heterocycles. The number of anilines is 1. The summed E-state index contributed by atoms with van der Waals surface area (Å²) in [7, 11) is 0. The summed E-state index contributed by atoms with van der Waals surface area (Å²) >= 11 is 0. The van der Waals surface area contributed by atoms with Gasteiger partial charge in [-0.1, -0.05) is 24.3 Å². The summed E-state index contributed by atoms with van der Waals surface area (Å²) in [6.07, 6.45) is 0. The molecule has 0 aliphatic carbocycles. The van der Waals surface area contributed by atoms with Crippen LogP contribution in [0, 0.1) is 6.92 Å². The van der Waals surface area contributed by atoms with Gasteiger partial charge in [-0.25, -0.2) is 4.68 Å². The van der Waals surface area contributed by atoms with Gasteiger partial charge in [0.25, 0.3) is 5.56 Å². The van der Waals surface area contributed by atoms with E-state index in [1.165, 1.54) is 0 Å². The number of hydrogen-bond donors (Lipinski definition) is 2. The second-order valence-electron chi connectivity index (χ2n) is 4.48. The van der Waals surface area contributed by atoms with Crippen molar-refractivity contribution in [3.63, 3.8) is 0 Å². The Kier molecular flexibility index (Phi) is 2.79. The molecule has 0 fully saturated rings.